The Labute approximate surface area is 162 Å². The number of benzene rings is 1. The van der Waals surface area contributed by atoms with Crippen molar-refractivity contribution >= 4 is 40.4 Å². The summed E-state index contributed by atoms with van der Waals surface area (Å²) in [6.07, 6.45) is -0.0522. The number of carbonyl (C=O) groups excluding carboxylic acids is 1. The lowest BCUT2D eigenvalue weighted by Crippen LogP contribution is -2.30. The Morgan fingerprint density at radius 3 is 2.52 bits per heavy atom. The fraction of sp³-hybridized carbons (Fsp3) is 0.389. The average Bonchev–Trinajstić information content (AvgIpc) is 2.98. The molecule has 4 nitrogen and oxygen atoms in total. The van der Waals surface area contributed by atoms with Gasteiger partial charge in [0.05, 0.1) is 29.1 Å². The van der Waals surface area contributed by atoms with E-state index in [9.17, 15) is 4.79 Å². The van der Waals surface area contributed by atoms with E-state index in [4.69, 9.17) is 32.7 Å². The summed E-state index contributed by atoms with van der Waals surface area (Å²) in [4.78, 5) is 15.6. The first-order valence-electron chi connectivity index (χ1n) is 7.93. The molecule has 1 aromatic heterocycles. The molecular formula is C18H21Cl2NO3S. The lowest BCUT2D eigenvalue weighted by Gasteiger charge is -2.22. The molecule has 0 radical (unpaired) electrons. The van der Waals surface area contributed by atoms with E-state index in [1.807, 2.05) is 32.9 Å². The normalized spacial score (nSPS) is 10.8. The quantitative estimate of drug-likeness (QED) is 0.613. The van der Waals surface area contributed by atoms with Gasteiger partial charge in [0, 0.05) is 17.0 Å². The van der Waals surface area contributed by atoms with Crippen LogP contribution in [0, 0.1) is 0 Å². The fourth-order valence-corrected chi connectivity index (χ4v) is 3.69. The van der Waals surface area contributed by atoms with Crippen molar-refractivity contribution in [1.82, 2.24) is 4.90 Å². The number of nitrogens with zero attached hydrogens (tertiary/aromatic N) is 1. The van der Waals surface area contributed by atoms with E-state index in [-0.39, 0.29) is 12.0 Å². The molecule has 7 heteroatoms. The molecule has 1 amide bonds. The maximum absolute atomic E-state index is 12.9. The van der Waals surface area contributed by atoms with Gasteiger partial charge < -0.3 is 14.4 Å². The van der Waals surface area contributed by atoms with Gasteiger partial charge in [-0.3, -0.25) is 4.79 Å². The van der Waals surface area contributed by atoms with E-state index in [0.717, 1.165) is 4.88 Å². The molecule has 136 valence electrons. The standard InChI is InChI=1S/C18H21Cl2NO3S/c1-5-21(10-13-6-7-16(20)25-13)18(22)12-8-14(19)17(24-11(2)3)15(9-12)23-4/h6-9,11H,5,10H2,1-4H3. The summed E-state index contributed by atoms with van der Waals surface area (Å²) in [7, 11) is 1.53. The van der Waals surface area contributed by atoms with Crippen molar-refractivity contribution in [1.29, 1.82) is 0 Å². The van der Waals surface area contributed by atoms with Gasteiger partial charge in [0.25, 0.3) is 5.91 Å². The van der Waals surface area contributed by atoms with E-state index >= 15 is 0 Å². The fourth-order valence-electron chi connectivity index (χ4n) is 2.33. The van der Waals surface area contributed by atoms with Crippen LogP contribution in [0.15, 0.2) is 24.3 Å². The molecule has 1 heterocycles. The molecule has 0 saturated carbocycles. The molecule has 2 rings (SSSR count). The summed E-state index contributed by atoms with van der Waals surface area (Å²) in [6, 6.07) is 7.04. The van der Waals surface area contributed by atoms with Gasteiger partial charge in [0.15, 0.2) is 11.5 Å². The number of halogens is 2. The Hall–Kier alpha value is -1.43. The minimum absolute atomic E-state index is 0.0522. The zero-order chi connectivity index (χ0) is 18.6. The first-order chi connectivity index (χ1) is 11.8. The Morgan fingerprint density at radius 2 is 2.00 bits per heavy atom. The average molecular weight is 402 g/mol. The molecule has 0 N–H and O–H groups in total. The summed E-state index contributed by atoms with van der Waals surface area (Å²) in [5.74, 6) is 0.770. The molecule has 0 unspecified atom stereocenters. The van der Waals surface area contributed by atoms with Crippen LogP contribution < -0.4 is 9.47 Å². The van der Waals surface area contributed by atoms with Crippen molar-refractivity contribution in [3.63, 3.8) is 0 Å². The van der Waals surface area contributed by atoms with Crippen molar-refractivity contribution in [2.75, 3.05) is 13.7 Å². The summed E-state index contributed by atoms with van der Waals surface area (Å²) in [5, 5.41) is 0.353. The van der Waals surface area contributed by atoms with Gasteiger partial charge in [-0.15, -0.1) is 11.3 Å². The van der Waals surface area contributed by atoms with Crippen molar-refractivity contribution in [3.8, 4) is 11.5 Å². The smallest absolute Gasteiger partial charge is 0.254 e. The topological polar surface area (TPSA) is 38.8 Å². The summed E-state index contributed by atoms with van der Waals surface area (Å²) in [5.41, 5.74) is 0.461. The third-order valence-electron chi connectivity index (χ3n) is 3.47. The number of hydrogen-bond donors (Lipinski definition) is 0. The van der Waals surface area contributed by atoms with Crippen molar-refractivity contribution in [2.45, 2.75) is 33.4 Å². The van der Waals surface area contributed by atoms with Crippen LogP contribution in [-0.4, -0.2) is 30.6 Å². The maximum atomic E-state index is 12.9. The number of amides is 1. The molecule has 0 spiro atoms. The van der Waals surface area contributed by atoms with Crippen LogP contribution in [0.25, 0.3) is 0 Å². The zero-order valence-electron chi connectivity index (χ0n) is 14.6. The van der Waals surface area contributed by atoms with Crippen LogP contribution in [0.1, 0.15) is 36.0 Å². The number of hydrogen-bond acceptors (Lipinski definition) is 4. The second-order valence-electron chi connectivity index (χ2n) is 5.68. The van der Waals surface area contributed by atoms with E-state index in [1.165, 1.54) is 18.4 Å². The van der Waals surface area contributed by atoms with Gasteiger partial charge in [0.1, 0.15) is 0 Å². The Bertz CT molecular complexity index is 746. The predicted molar refractivity (Wildman–Crippen MR) is 104 cm³/mol. The highest BCUT2D eigenvalue weighted by atomic mass is 35.5. The van der Waals surface area contributed by atoms with Crippen LogP contribution in [0.5, 0.6) is 11.5 Å². The number of thiophene rings is 1. The van der Waals surface area contributed by atoms with E-state index in [0.29, 0.717) is 39.5 Å². The Kier molecular flexibility index (Phi) is 6.99. The van der Waals surface area contributed by atoms with Crippen molar-refractivity contribution in [2.24, 2.45) is 0 Å². The van der Waals surface area contributed by atoms with Gasteiger partial charge in [0.2, 0.25) is 0 Å². The number of rotatable bonds is 7. The molecule has 0 saturated heterocycles. The molecular weight excluding hydrogens is 381 g/mol. The number of carbonyl (C=O) groups is 1. The van der Waals surface area contributed by atoms with E-state index in [1.54, 1.807) is 17.0 Å². The first-order valence-corrected chi connectivity index (χ1v) is 9.50. The Balaban J connectivity index is 2.29. The highest BCUT2D eigenvalue weighted by Gasteiger charge is 2.20. The lowest BCUT2D eigenvalue weighted by molar-refractivity contribution is 0.0753. The van der Waals surface area contributed by atoms with Crippen molar-refractivity contribution < 1.29 is 14.3 Å². The van der Waals surface area contributed by atoms with Crippen LogP contribution in [0.3, 0.4) is 0 Å². The number of methoxy groups -OCH3 is 1. The Morgan fingerprint density at radius 1 is 1.28 bits per heavy atom. The second kappa shape index (κ2) is 8.79. The number of ether oxygens (including phenoxy) is 2. The molecule has 25 heavy (non-hydrogen) atoms. The maximum Gasteiger partial charge on any atom is 0.254 e. The van der Waals surface area contributed by atoms with Gasteiger partial charge in [-0.25, -0.2) is 0 Å². The summed E-state index contributed by atoms with van der Waals surface area (Å²) >= 11 is 13.8. The molecule has 0 aliphatic carbocycles. The third kappa shape index (κ3) is 5.03. The lowest BCUT2D eigenvalue weighted by atomic mass is 10.1. The third-order valence-corrected chi connectivity index (χ3v) is 4.97. The van der Waals surface area contributed by atoms with Crippen LogP contribution in [0.2, 0.25) is 9.36 Å². The first kappa shape index (κ1) is 19.9. The molecule has 0 fully saturated rings. The van der Waals surface area contributed by atoms with Gasteiger partial charge in [-0.1, -0.05) is 23.2 Å². The SMILES string of the molecule is CCN(Cc1ccc(Cl)s1)C(=O)c1cc(Cl)c(OC(C)C)c(OC)c1. The van der Waals surface area contributed by atoms with Crippen LogP contribution >= 0.6 is 34.5 Å². The minimum atomic E-state index is -0.122. The van der Waals surface area contributed by atoms with Crippen LogP contribution in [0.4, 0.5) is 0 Å². The van der Waals surface area contributed by atoms with Gasteiger partial charge >= 0.3 is 0 Å². The highest BCUT2D eigenvalue weighted by Crippen LogP contribution is 2.37. The molecule has 0 atom stereocenters. The molecule has 2 aromatic rings. The molecule has 0 bridgehead atoms. The summed E-state index contributed by atoms with van der Waals surface area (Å²) < 4.78 is 11.8. The van der Waals surface area contributed by atoms with Crippen LogP contribution in [-0.2, 0) is 6.54 Å². The summed E-state index contributed by atoms with van der Waals surface area (Å²) in [6.45, 7) is 6.80. The largest absolute Gasteiger partial charge is 0.493 e. The van der Waals surface area contributed by atoms with Gasteiger partial charge in [-0.2, -0.15) is 0 Å². The molecule has 0 aliphatic heterocycles. The van der Waals surface area contributed by atoms with E-state index < -0.39 is 0 Å². The molecule has 1 aromatic carbocycles. The van der Waals surface area contributed by atoms with Gasteiger partial charge in [-0.05, 0) is 45.0 Å². The minimum Gasteiger partial charge on any atom is -0.493 e. The second-order valence-corrected chi connectivity index (χ2v) is 7.89. The van der Waals surface area contributed by atoms with E-state index in [2.05, 4.69) is 0 Å². The highest BCUT2D eigenvalue weighted by molar-refractivity contribution is 7.16. The van der Waals surface area contributed by atoms with Crippen molar-refractivity contribution in [3.05, 3.63) is 44.1 Å². The monoisotopic (exact) mass is 401 g/mol. The predicted octanol–water partition coefficient (Wildman–Crippen LogP) is 5.51. The zero-order valence-corrected chi connectivity index (χ0v) is 17.0. The molecule has 0 aliphatic rings.